The molecule has 26 heavy (non-hydrogen) atoms. The molecule has 2 aromatic carbocycles. The molecular formula is C19H17N5O2. The topological polar surface area (TPSA) is 85.9 Å². The molecule has 0 aliphatic carbocycles. The van der Waals surface area contributed by atoms with Crippen molar-refractivity contribution in [3.8, 4) is 0 Å². The molecule has 0 unspecified atom stereocenters. The fourth-order valence-corrected chi connectivity index (χ4v) is 3.24. The van der Waals surface area contributed by atoms with Gasteiger partial charge in [-0.3, -0.25) is 15.1 Å². The summed E-state index contributed by atoms with van der Waals surface area (Å²) in [6, 6.07) is 14.7. The Morgan fingerprint density at radius 1 is 1.15 bits per heavy atom. The standard InChI is InChI=1S/C19H17N5O2/c1-13-22-15-6-2-3-7-18(15)23(13)12-11-20-16-8-9-17(24(25)26)14-5-4-10-21-19(14)16/h2-10,20H,11-12H2,1H3. The van der Waals surface area contributed by atoms with Crippen molar-refractivity contribution in [3.05, 3.63) is 70.7 Å². The number of para-hydroxylation sites is 2. The Balaban J connectivity index is 1.60. The van der Waals surface area contributed by atoms with Crippen LogP contribution in [0.2, 0.25) is 0 Å². The van der Waals surface area contributed by atoms with E-state index in [2.05, 4.69) is 25.9 Å². The number of benzene rings is 2. The predicted molar refractivity (Wildman–Crippen MR) is 101 cm³/mol. The first kappa shape index (κ1) is 16.0. The second-order valence-electron chi connectivity index (χ2n) is 6.02. The smallest absolute Gasteiger partial charge is 0.278 e. The number of hydrogen-bond donors (Lipinski definition) is 1. The largest absolute Gasteiger partial charge is 0.381 e. The zero-order valence-corrected chi connectivity index (χ0v) is 14.2. The van der Waals surface area contributed by atoms with Crippen molar-refractivity contribution < 1.29 is 4.92 Å². The molecule has 130 valence electrons. The van der Waals surface area contributed by atoms with Gasteiger partial charge in [0.2, 0.25) is 0 Å². The molecule has 0 spiro atoms. The first-order chi connectivity index (χ1) is 12.6. The van der Waals surface area contributed by atoms with Gasteiger partial charge in [0.1, 0.15) is 11.3 Å². The van der Waals surface area contributed by atoms with Crippen LogP contribution in [0, 0.1) is 17.0 Å². The Hall–Kier alpha value is -3.48. The van der Waals surface area contributed by atoms with Gasteiger partial charge in [-0.05, 0) is 37.3 Å². The number of nitrogens with one attached hydrogen (secondary N) is 1. The van der Waals surface area contributed by atoms with Crippen LogP contribution >= 0.6 is 0 Å². The van der Waals surface area contributed by atoms with Crippen molar-refractivity contribution in [2.45, 2.75) is 13.5 Å². The number of imidazole rings is 1. The number of aryl methyl sites for hydroxylation is 1. The summed E-state index contributed by atoms with van der Waals surface area (Å²) in [6.07, 6.45) is 1.64. The third kappa shape index (κ3) is 2.73. The summed E-state index contributed by atoms with van der Waals surface area (Å²) in [6.45, 7) is 3.38. The Kier molecular flexibility index (Phi) is 3.96. The molecule has 0 amide bonds. The van der Waals surface area contributed by atoms with Gasteiger partial charge in [0.05, 0.1) is 27.0 Å². The summed E-state index contributed by atoms with van der Waals surface area (Å²) in [7, 11) is 0. The van der Waals surface area contributed by atoms with Gasteiger partial charge in [-0.2, -0.15) is 0 Å². The minimum absolute atomic E-state index is 0.0649. The van der Waals surface area contributed by atoms with Crippen molar-refractivity contribution in [3.63, 3.8) is 0 Å². The van der Waals surface area contributed by atoms with Crippen LogP contribution in [-0.4, -0.2) is 26.0 Å². The van der Waals surface area contributed by atoms with E-state index in [1.54, 1.807) is 24.4 Å². The van der Waals surface area contributed by atoms with Crippen LogP contribution in [0.5, 0.6) is 0 Å². The molecule has 4 rings (SSSR count). The number of rotatable bonds is 5. The van der Waals surface area contributed by atoms with Gasteiger partial charge < -0.3 is 9.88 Å². The first-order valence-corrected chi connectivity index (χ1v) is 8.33. The van der Waals surface area contributed by atoms with Crippen molar-refractivity contribution in [1.29, 1.82) is 0 Å². The van der Waals surface area contributed by atoms with Gasteiger partial charge in [-0.15, -0.1) is 0 Å². The highest BCUT2D eigenvalue weighted by Gasteiger charge is 2.15. The van der Waals surface area contributed by atoms with Crippen LogP contribution in [0.3, 0.4) is 0 Å². The zero-order chi connectivity index (χ0) is 18.1. The minimum atomic E-state index is -0.380. The molecule has 7 heteroatoms. The van der Waals surface area contributed by atoms with Crippen LogP contribution in [-0.2, 0) is 6.54 Å². The second-order valence-corrected chi connectivity index (χ2v) is 6.02. The van der Waals surface area contributed by atoms with E-state index in [4.69, 9.17) is 0 Å². The molecule has 0 aliphatic rings. The van der Waals surface area contributed by atoms with Crippen molar-refractivity contribution in [2.75, 3.05) is 11.9 Å². The van der Waals surface area contributed by atoms with E-state index in [1.807, 2.05) is 25.1 Å². The molecule has 2 heterocycles. The number of aromatic nitrogens is 3. The number of anilines is 1. The molecule has 0 saturated carbocycles. The number of nitro benzene ring substituents is 1. The molecule has 7 nitrogen and oxygen atoms in total. The van der Waals surface area contributed by atoms with E-state index in [9.17, 15) is 10.1 Å². The normalized spacial score (nSPS) is 11.1. The third-order valence-corrected chi connectivity index (χ3v) is 4.44. The quantitative estimate of drug-likeness (QED) is 0.437. The summed E-state index contributed by atoms with van der Waals surface area (Å²) in [5.41, 5.74) is 3.53. The summed E-state index contributed by atoms with van der Waals surface area (Å²) < 4.78 is 2.16. The highest BCUT2D eigenvalue weighted by atomic mass is 16.6. The lowest BCUT2D eigenvalue weighted by atomic mass is 10.1. The average Bonchev–Trinajstić information content (AvgIpc) is 2.97. The molecule has 0 radical (unpaired) electrons. The lowest BCUT2D eigenvalue weighted by molar-refractivity contribution is -0.383. The summed E-state index contributed by atoms with van der Waals surface area (Å²) >= 11 is 0. The Morgan fingerprint density at radius 3 is 2.85 bits per heavy atom. The summed E-state index contributed by atoms with van der Waals surface area (Å²) in [5, 5.41) is 15.1. The predicted octanol–water partition coefficient (Wildman–Crippen LogP) is 3.91. The van der Waals surface area contributed by atoms with Gasteiger partial charge in [0.15, 0.2) is 0 Å². The minimum Gasteiger partial charge on any atom is -0.381 e. The maximum absolute atomic E-state index is 11.2. The fraction of sp³-hybridized carbons (Fsp3) is 0.158. The molecule has 2 aromatic heterocycles. The molecule has 0 aliphatic heterocycles. The number of nitro groups is 1. The third-order valence-electron chi connectivity index (χ3n) is 4.44. The van der Waals surface area contributed by atoms with Gasteiger partial charge in [0.25, 0.3) is 5.69 Å². The second kappa shape index (κ2) is 6.44. The number of non-ortho nitro benzene ring substituents is 1. The van der Waals surface area contributed by atoms with Gasteiger partial charge in [-0.25, -0.2) is 4.98 Å². The SMILES string of the molecule is Cc1nc2ccccc2n1CCNc1ccc([N+](=O)[O-])c2cccnc12. The first-order valence-electron chi connectivity index (χ1n) is 8.33. The lowest BCUT2D eigenvalue weighted by Crippen LogP contribution is -2.12. The van der Waals surface area contributed by atoms with E-state index in [0.29, 0.717) is 17.4 Å². The highest BCUT2D eigenvalue weighted by molar-refractivity contribution is 5.96. The Labute approximate surface area is 149 Å². The monoisotopic (exact) mass is 347 g/mol. The molecule has 0 bridgehead atoms. The van der Waals surface area contributed by atoms with E-state index >= 15 is 0 Å². The fourth-order valence-electron chi connectivity index (χ4n) is 3.24. The molecule has 0 saturated heterocycles. The van der Waals surface area contributed by atoms with Gasteiger partial charge in [0, 0.05) is 25.4 Å². The van der Waals surface area contributed by atoms with Crippen LogP contribution in [0.4, 0.5) is 11.4 Å². The van der Waals surface area contributed by atoms with E-state index in [1.165, 1.54) is 6.07 Å². The maximum atomic E-state index is 11.2. The number of fused-ring (bicyclic) bond motifs is 2. The number of hydrogen-bond acceptors (Lipinski definition) is 5. The lowest BCUT2D eigenvalue weighted by Gasteiger charge is -2.11. The molecular weight excluding hydrogens is 330 g/mol. The maximum Gasteiger partial charge on any atom is 0.278 e. The van der Waals surface area contributed by atoms with Crippen LogP contribution in [0.1, 0.15) is 5.82 Å². The van der Waals surface area contributed by atoms with Crippen molar-refractivity contribution in [1.82, 2.24) is 14.5 Å². The summed E-state index contributed by atoms with van der Waals surface area (Å²) in [4.78, 5) is 19.7. The molecule has 0 fully saturated rings. The number of pyridine rings is 1. The van der Waals surface area contributed by atoms with Gasteiger partial charge in [-0.1, -0.05) is 12.1 Å². The molecule has 0 atom stereocenters. The van der Waals surface area contributed by atoms with E-state index in [0.717, 1.165) is 29.1 Å². The average molecular weight is 347 g/mol. The molecule has 1 N–H and O–H groups in total. The molecule has 4 aromatic rings. The highest BCUT2D eigenvalue weighted by Crippen LogP contribution is 2.29. The van der Waals surface area contributed by atoms with Crippen LogP contribution < -0.4 is 5.32 Å². The summed E-state index contributed by atoms with van der Waals surface area (Å²) in [5.74, 6) is 0.958. The zero-order valence-electron chi connectivity index (χ0n) is 14.2. The number of nitrogens with zero attached hydrogens (tertiary/aromatic N) is 4. The van der Waals surface area contributed by atoms with Crippen LogP contribution in [0.25, 0.3) is 21.9 Å². The van der Waals surface area contributed by atoms with E-state index < -0.39 is 0 Å². The van der Waals surface area contributed by atoms with Crippen molar-refractivity contribution in [2.24, 2.45) is 0 Å². The Bertz CT molecular complexity index is 1120. The Morgan fingerprint density at radius 2 is 2.00 bits per heavy atom. The van der Waals surface area contributed by atoms with Crippen molar-refractivity contribution >= 4 is 33.3 Å². The van der Waals surface area contributed by atoms with Crippen LogP contribution in [0.15, 0.2) is 54.7 Å². The van der Waals surface area contributed by atoms with Gasteiger partial charge >= 0.3 is 0 Å². The van der Waals surface area contributed by atoms with E-state index in [-0.39, 0.29) is 10.6 Å².